The van der Waals surface area contributed by atoms with Crippen LogP contribution in [0, 0.1) is 11.8 Å². The monoisotopic (exact) mass is 316 g/mol. The van der Waals surface area contributed by atoms with E-state index in [0.717, 1.165) is 13.1 Å². The van der Waals surface area contributed by atoms with Gasteiger partial charge in [0.15, 0.2) is 12.4 Å². The molecule has 23 heavy (non-hydrogen) atoms. The van der Waals surface area contributed by atoms with Crippen LogP contribution in [0.25, 0.3) is 0 Å². The summed E-state index contributed by atoms with van der Waals surface area (Å²) < 4.78 is 5.33. The van der Waals surface area contributed by atoms with Gasteiger partial charge in [0.2, 0.25) is 0 Å². The van der Waals surface area contributed by atoms with Gasteiger partial charge >= 0.3 is 0 Å². The van der Waals surface area contributed by atoms with Crippen molar-refractivity contribution in [2.24, 2.45) is 11.8 Å². The number of carbonyl (C=O) groups is 2. The molecule has 3 rings (SSSR count). The van der Waals surface area contributed by atoms with E-state index in [4.69, 9.17) is 4.74 Å². The fraction of sp³-hybridized carbons (Fsp3) is 0.556. The second-order valence-electron chi connectivity index (χ2n) is 6.96. The summed E-state index contributed by atoms with van der Waals surface area (Å²) in [4.78, 5) is 26.5. The Kier molecular flexibility index (Phi) is 4.39. The van der Waals surface area contributed by atoms with Crippen molar-refractivity contribution in [3.63, 3.8) is 0 Å². The topological polar surface area (TPSA) is 58.6 Å². The zero-order valence-corrected chi connectivity index (χ0v) is 14.0. The molecule has 1 N–H and O–H groups in total. The van der Waals surface area contributed by atoms with Crippen LogP contribution in [0.1, 0.15) is 37.6 Å². The largest absolute Gasteiger partial charge is 0.482 e. The van der Waals surface area contributed by atoms with E-state index >= 15 is 0 Å². The van der Waals surface area contributed by atoms with Gasteiger partial charge < -0.3 is 15.0 Å². The Morgan fingerprint density at radius 3 is 2.87 bits per heavy atom. The summed E-state index contributed by atoms with van der Waals surface area (Å²) in [6.07, 6.45) is 0.554. The Morgan fingerprint density at radius 2 is 2.17 bits per heavy atom. The van der Waals surface area contributed by atoms with Crippen LogP contribution in [0.4, 0.5) is 5.69 Å². The van der Waals surface area contributed by atoms with Crippen molar-refractivity contribution in [2.45, 2.75) is 33.2 Å². The number of ketones is 1. The first kappa shape index (κ1) is 16.0. The average molecular weight is 316 g/mol. The SMILES string of the molecule is CC(C)N1C[C@H](CC(=O)c2ccc3c(c2)NC(=O)CO3)[C@@H](C)C1. The van der Waals surface area contributed by atoms with Crippen LogP contribution in [-0.4, -0.2) is 42.3 Å². The van der Waals surface area contributed by atoms with Crippen LogP contribution >= 0.6 is 0 Å². The third-order valence-electron chi connectivity index (χ3n) is 4.91. The lowest BCUT2D eigenvalue weighted by Crippen LogP contribution is -2.28. The predicted molar refractivity (Wildman–Crippen MR) is 88.9 cm³/mol. The lowest BCUT2D eigenvalue weighted by atomic mass is 9.90. The number of Topliss-reactive ketones (excluding diaryl/α,β-unsaturated/α-hetero) is 1. The van der Waals surface area contributed by atoms with Gasteiger partial charge in [0.05, 0.1) is 5.69 Å². The summed E-state index contributed by atoms with van der Waals surface area (Å²) in [5.41, 5.74) is 1.24. The van der Waals surface area contributed by atoms with E-state index in [1.165, 1.54) is 0 Å². The van der Waals surface area contributed by atoms with Crippen molar-refractivity contribution in [2.75, 3.05) is 25.0 Å². The average Bonchev–Trinajstić information content (AvgIpc) is 2.87. The van der Waals surface area contributed by atoms with Crippen molar-refractivity contribution < 1.29 is 14.3 Å². The molecule has 5 heteroatoms. The van der Waals surface area contributed by atoms with E-state index in [1.807, 2.05) is 0 Å². The third-order valence-corrected chi connectivity index (χ3v) is 4.91. The summed E-state index contributed by atoms with van der Waals surface area (Å²) in [6.45, 7) is 8.69. The fourth-order valence-electron chi connectivity index (χ4n) is 3.37. The number of fused-ring (bicyclic) bond motifs is 1. The normalized spacial score (nSPS) is 24.3. The summed E-state index contributed by atoms with van der Waals surface area (Å²) >= 11 is 0. The lowest BCUT2D eigenvalue weighted by molar-refractivity contribution is -0.118. The number of hydrogen-bond donors (Lipinski definition) is 1. The summed E-state index contributed by atoms with van der Waals surface area (Å²) in [5, 5.41) is 2.76. The van der Waals surface area contributed by atoms with Crippen molar-refractivity contribution in [3.05, 3.63) is 23.8 Å². The molecular weight excluding hydrogens is 292 g/mol. The maximum atomic E-state index is 12.6. The van der Waals surface area contributed by atoms with Gasteiger partial charge in [-0.05, 0) is 43.9 Å². The van der Waals surface area contributed by atoms with E-state index in [1.54, 1.807) is 18.2 Å². The number of rotatable bonds is 4. The lowest BCUT2D eigenvalue weighted by Gasteiger charge is -2.20. The highest BCUT2D eigenvalue weighted by molar-refractivity contribution is 6.00. The smallest absolute Gasteiger partial charge is 0.262 e. The van der Waals surface area contributed by atoms with Crippen LogP contribution in [0.15, 0.2) is 18.2 Å². The molecule has 1 fully saturated rings. The molecule has 0 aromatic heterocycles. The standard InChI is InChI=1S/C18H24N2O3/c1-11(2)20-8-12(3)14(9-20)7-16(21)13-4-5-17-15(6-13)19-18(22)10-23-17/h4-6,11-12,14H,7-10H2,1-3H3,(H,19,22)/t12-,14-/m0/s1. The fourth-order valence-corrected chi connectivity index (χ4v) is 3.37. The van der Waals surface area contributed by atoms with E-state index in [-0.39, 0.29) is 18.3 Å². The Bertz CT molecular complexity index is 627. The molecule has 1 amide bonds. The molecule has 1 aromatic carbocycles. The Balaban J connectivity index is 1.69. The zero-order chi connectivity index (χ0) is 16.6. The van der Waals surface area contributed by atoms with Gasteiger partial charge in [0.1, 0.15) is 5.75 Å². The van der Waals surface area contributed by atoms with Crippen LogP contribution in [0.5, 0.6) is 5.75 Å². The summed E-state index contributed by atoms with van der Waals surface area (Å²) in [7, 11) is 0. The maximum absolute atomic E-state index is 12.6. The third kappa shape index (κ3) is 3.39. The van der Waals surface area contributed by atoms with Gasteiger partial charge in [-0.25, -0.2) is 0 Å². The minimum absolute atomic E-state index is 0.0327. The highest BCUT2D eigenvalue weighted by atomic mass is 16.5. The zero-order valence-electron chi connectivity index (χ0n) is 14.0. The quantitative estimate of drug-likeness (QED) is 0.867. The molecule has 0 bridgehead atoms. The molecule has 2 aliphatic heterocycles. The number of amides is 1. The molecule has 1 saturated heterocycles. The van der Waals surface area contributed by atoms with Crippen molar-refractivity contribution in [3.8, 4) is 5.75 Å². The molecule has 2 heterocycles. The number of benzene rings is 1. The number of nitrogens with one attached hydrogen (secondary N) is 1. The molecule has 0 aliphatic carbocycles. The highest BCUT2D eigenvalue weighted by Gasteiger charge is 2.32. The maximum Gasteiger partial charge on any atom is 0.262 e. The molecule has 5 nitrogen and oxygen atoms in total. The van der Waals surface area contributed by atoms with Gasteiger partial charge in [-0.2, -0.15) is 0 Å². The summed E-state index contributed by atoms with van der Waals surface area (Å²) in [5.74, 6) is 1.50. The highest BCUT2D eigenvalue weighted by Crippen LogP contribution is 2.31. The van der Waals surface area contributed by atoms with Crippen molar-refractivity contribution in [1.82, 2.24) is 4.90 Å². The molecular formula is C18H24N2O3. The molecule has 124 valence electrons. The minimum atomic E-state index is -0.181. The Hall–Kier alpha value is -1.88. The van der Waals surface area contributed by atoms with Crippen molar-refractivity contribution >= 4 is 17.4 Å². The van der Waals surface area contributed by atoms with E-state index in [9.17, 15) is 9.59 Å². The molecule has 2 atom stereocenters. The minimum Gasteiger partial charge on any atom is -0.482 e. The molecule has 0 unspecified atom stereocenters. The molecule has 0 radical (unpaired) electrons. The van der Waals surface area contributed by atoms with E-state index in [0.29, 0.717) is 41.3 Å². The van der Waals surface area contributed by atoms with Crippen LogP contribution < -0.4 is 10.1 Å². The molecule has 0 saturated carbocycles. The Morgan fingerprint density at radius 1 is 1.39 bits per heavy atom. The van der Waals surface area contributed by atoms with E-state index in [2.05, 4.69) is 31.0 Å². The van der Waals surface area contributed by atoms with Crippen LogP contribution in [0.3, 0.4) is 0 Å². The number of carbonyl (C=O) groups excluding carboxylic acids is 2. The number of likely N-dealkylation sites (tertiary alicyclic amines) is 1. The first-order valence-electron chi connectivity index (χ1n) is 8.28. The van der Waals surface area contributed by atoms with Crippen molar-refractivity contribution in [1.29, 1.82) is 0 Å². The summed E-state index contributed by atoms with van der Waals surface area (Å²) in [6, 6.07) is 5.81. The predicted octanol–water partition coefficient (Wildman–Crippen LogP) is 2.57. The molecule has 0 spiro atoms. The Labute approximate surface area is 137 Å². The van der Waals surface area contributed by atoms with Crippen LogP contribution in [0.2, 0.25) is 0 Å². The molecule has 1 aromatic rings. The van der Waals surface area contributed by atoms with Crippen LogP contribution in [-0.2, 0) is 4.79 Å². The van der Waals surface area contributed by atoms with Gasteiger partial charge in [0.25, 0.3) is 5.91 Å². The second-order valence-corrected chi connectivity index (χ2v) is 6.96. The molecule has 2 aliphatic rings. The van der Waals surface area contributed by atoms with Gasteiger partial charge in [-0.1, -0.05) is 6.92 Å². The van der Waals surface area contributed by atoms with Gasteiger partial charge in [0, 0.05) is 31.1 Å². The second kappa shape index (κ2) is 6.32. The number of anilines is 1. The first-order chi connectivity index (χ1) is 10.9. The number of ether oxygens (including phenoxy) is 1. The van der Waals surface area contributed by atoms with Gasteiger partial charge in [-0.15, -0.1) is 0 Å². The van der Waals surface area contributed by atoms with E-state index < -0.39 is 0 Å². The number of hydrogen-bond acceptors (Lipinski definition) is 4. The van der Waals surface area contributed by atoms with Gasteiger partial charge in [-0.3, -0.25) is 9.59 Å². The number of nitrogens with zero attached hydrogens (tertiary/aromatic N) is 1. The first-order valence-corrected chi connectivity index (χ1v) is 8.28.